The number of hydrogen-bond donors (Lipinski definition) is 1. The number of hydrogen-bond acceptors (Lipinski definition) is 7. The predicted octanol–water partition coefficient (Wildman–Crippen LogP) is 6.08. The highest BCUT2D eigenvalue weighted by Crippen LogP contribution is 2.40. The number of nitrogens with zero attached hydrogens (tertiary/aromatic N) is 4. The lowest BCUT2D eigenvalue weighted by Crippen LogP contribution is -2.11. The Balaban J connectivity index is 1.38. The Bertz CT molecular complexity index is 1290. The van der Waals surface area contributed by atoms with E-state index in [1.165, 1.54) is 28.2 Å². The van der Waals surface area contributed by atoms with E-state index in [0.717, 1.165) is 50.7 Å². The molecular weight excluding hydrogens is 426 g/mol. The van der Waals surface area contributed by atoms with Gasteiger partial charge in [-0.2, -0.15) is 0 Å². The van der Waals surface area contributed by atoms with Crippen molar-refractivity contribution in [1.29, 1.82) is 0 Å². The fourth-order valence-electron chi connectivity index (χ4n) is 3.66. The van der Waals surface area contributed by atoms with Crippen molar-refractivity contribution in [3.8, 4) is 10.6 Å². The lowest BCUT2D eigenvalue weighted by atomic mass is 10.0. The predicted molar refractivity (Wildman–Crippen MR) is 126 cm³/mol. The van der Waals surface area contributed by atoms with Crippen LogP contribution < -0.4 is 5.32 Å². The van der Waals surface area contributed by atoms with E-state index in [9.17, 15) is 4.79 Å². The van der Waals surface area contributed by atoms with Crippen LogP contribution in [0.5, 0.6) is 0 Å². The second-order valence-electron chi connectivity index (χ2n) is 8.32. The number of aromatic nitrogens is 4. The molecule has 6 nitrogen and oxygen atoms in total. The van der Waals surface area contributed by atoms with Crippen LogP contribution in [0.3, 0.4) is 0 Å². The van der Waals surface area contributed by atoms with E-state index in [-0.39, 0.29) is 5.91 Å². The minimum Gasteiger partial charge on any atom is -0.296 e. The number of carbonyl (C=O) groups is 1. The Hall–Kier alpha value is -2.71. The highest BCUT2D eigenvalue weighted by atomic mass is 32.1. The molecule has 0 unspecified atom stereocenters. The lowest BCUT2D eigenvalue weighted by Gasteiger charge is -2.04. The Morgan fingerprint density at radius 3 is 2.48 bits per heavy atom. The topological polar surface area (TPSA) is 80.7 Å². The third kappa shape index (κ3) is 3.85. The highest BCUT2D eigenvalue weighted by Gasteiger charge is 2.28. The molecule has 0 aliphatic heterocycles. The molecule has 31 heavy (non-hydrogen) atoms. The molecule has 0 radical (unpaired) electrons. The average Bonchev–Trinajstić information content (AvgIpc) is 3.41. The van der Waals surface area contributed by atoms with Gasteiger partial charge >= 0.3 is 0 Å². The summed E-state index contributed by atoms with van der Waals surface area (Å²) in [4.78, 5) is 24.0. The molecular formula is C23H23N5OS2. The number of rotatable bonds is 5. The van der Waals surface area contributed by atoms with Gasteiger partial charge in [0.1, 0.15) is 15.7 Å². The van der Waals surface area contributed by atoms with Crippen molar-refractivity contribution in [1.82, 2.24) is 20.2 Å². The molecule has 1 aliphatic carbocycles. The number of thiophene rings is 1. The molecule has 1 N–H and O–H groups in total. The standard InChI is InChI=1S/C23H23N5OS2/c1-11(2)14-5-9-16(10-6-14)21-27-28-23(31-21)26-20(29)18-12(3)17-13(4)24-19(15-7-8-15)25-22(17)30-18/h5-6,9-11,15H,7-8H2,1-4H3,(H,26,28,29). The molecule has 4 aromatic rings. The van der Waals surface area contributed by atoms with Crippen LogP contribution in [0.4, 0.5) is 5.13 Å². The monoisotopic (exact) mass is 449 g/mol. The fourth-order valence-corrected chi connectivity index (χ4v) is 5.53. The number of fused-ring (bicyclic) bond motifs is 1. The second kappa shape index (κ2) is 7.76. The van der Waals surface area contributed by atoms with Gasteiger partial charge in [-0.15, -0.1) is 21.5 Å². The van der Waals surface area contributed by atoms with Crippen molar-refractivity contribution in [2.75, 3.05) is 5.32 Å². The average molecular weight is 450 g/mol. The quantitative estimate of drug-likeness (QED) is 0.399. The third-order valence-corrected chi connectivity index (χ3v) is 7.68. The Kier molecular flexibility index (Phi) is 5.06. The number of benzene rings is 1. The van der Waals surface area contributed by atoms with Crippen LogP contribution in [0.1, 0.15) is 70.8 Å². The fraction of sp³-hybridized carbons (Fsp3) is 0.348. The van der Waals surface area contributed by atoms with E-state index in [1.54, 1.807) is 0 Å². The minimum atomic E-state index is -0.175. The Labute approximate surface area is 188 Å². The van der Waals surface area contributed by atoms with Crippen LogP contribution in [0, 0.1) is 13.8 Å². The first kappa shape index (κ1) is 20.2. The molecule has 1 aromatic carbocycles. The first-order chi connectivity index (χ1) is 14.9. The van der Waals surface area contributed by atoms with Crippen molar-refractivity contribution in [2.45, 2.75) is 52.4 Å². The van der Waals surface area contributed by atoms with Gasteiger partial charge < -0.3 is 0 Å². The van der Waals surface area contributed by atoms with Crippen LogP contribution in [0.25, 0.3) is 20.8 Å². The zero-order valence-electron chi connectivity index (χ0n) is 17.9. The zero-order valence-corrected chi connectivity index (χ0v) is 19.5. The highest BCUT2D eigenvalue weighted by molar-refractivity contribution is 7.21. The molecule has 158 valence electrons. The van der Waals surface area contributed by atoms with Gasteiger partial charge in [0.2, 0.25) is 5.13 Å². The molecule has 0 atom stereocenters. The van der Waals surface area contributed by atoms with Crippen molar-refractivity contribution >= 4 is 43.9 Å². The Morgan fingerprint density at radius 2 is 1.81 bits per heavy atom. The summed E-state index contributed by atoms with van der Waals surface area (Å²) >= 11 is 2.80. The van der Waals surface area contributed by atoms with Gasteiger partial charge in [-0.3, -0.25) is 10.1 Å². The van der Waals surface area contributed by atoms with E-state index >= 15 is 0 Å². The SMILES string of the molecule is Cc1nc(C2CC2)nc2sc(C(=O)Nc3nnc(-c4ccc(C(C)C)cc4)s3)c(C)c12. The van der Waals surface area contributed by atoms with Crippen LogP contribution in [-0.2, 0) is 0 Å². The summed E-state index contributed by atoms with van der Waals surface area (Å²) in [5.41, 5.74) is 4.15. The zero-order chi connectivity index (χ0) is 21.7. The molecule has 0 spiro atoms. The van der Waals surface area contributed by atoms with Gasteiger partial charge in [0, 0.05) is 16.9 Å². The number of carbonyl (C=O) groups excluding carboxylic acids is 1. The Morgan fingerprint density at radius 1 is 1.06 bits per heavy atom. The summed E-state index contributed by atoms with van der Waals surface area (Å²) < 4.78 is 0. The number of anilines is 1. The summed E-state index contributed by atoms with van der Waals surface area (Å²) in [6.45, 7) is 8.30. The first-order valence-corrected chi connectivity index (χ1v) is 12.1. The molecule has 8 heteroatoms. The van der Waals surface area contributed by atoms with Gasteiger partial charge in [-0.25, -0.2) is 9.97 Å². The third-order valence-electron chi connectivity index (χ3n) is 5.61. The molecule has 5 rings (SSSR count). The molecule has 0 saturated heterocycles. The molecule has 1 fully saturated rings. The van der Waals surface area contributed by atoms with Crippen LogP contribution in [0.15, 0.2) is 24.3 Å². The maximum Gasteiger partial charge on any atom is 0.267 e. The van der Waals surface area contributed by atoms with Crippen LogP contribution in [0.2, 0.25) is 0 Å². The maximum absolute atomic E-state index is 13.0. The lowest BCUT2D eigenvalue weighted by molar-refractivity contribution is 0.103. The van der Waals surface area contributed by atoms with Crippen LogP contribution >= 0.6 is 22.7 Å². The summed E-state index contributed by atoms with van der Waals surface area (Å²) in [6, 6.07) is 8.33. The van der Waals surface area contributed by atoms with Gasteiger partial charge in [0.05, 0.1) is 10.6 Å². The number of amides is 1. The van der Waals surface area contributed by atoms with E-state index in [0.29, 0.717) is 21.8 Å². The van der Waals surface area contributed by atoms with Gasteiger partial charge in [0.25, 0.3) is 5.91 Å². The molecule has 3 heterocycles. The summed E-state index contributed by atoms with van der Waals surface area (Å²) in [5, 5.41) is 13.6. The summed E-state index contributed by atoms with van der Waals surface area (Å²) in [5.74, 6) is 1.70. The second-order valence-corrected chi connectivity index (χ2v) is 10.3. The van der Waals surface area contributed by atoms with E-state index in [4.69, 9.17) is 4.98 Å². The van der Waals surface area contributed by atoms with Gasteiger partial charge in [0.15, 0.2) is 0 Å². The first-order valence-electron chi connectivity index (χ1n) is 10.4. The summed E-state index contributed by atoms with van der Waals surface area (Å²) in [7, 11) is 0. The normalized spacial score (nSPS) is 13.8. The van der Waals surface area contributed by atoms with E-state index in [1.807, 2.05) is 13.8 Å². The summed E-state index contributed by atoms with van der Waals surface area (Å²) in [6.07, 6.45) is 2.31. The van der Waals surface area contributed by atoms with Crippen molar-refractivity contribution in [3.63, 3.8) is 0 Å². The number of nitrogens with one attached hydrogen (secondary N) is 1. The van der Waals surface area contributed by atoms with Gasteiger partial charge in [-0.05, 0) is 43.7 Å². The number of aryl methyl sites for hydroxylation is 2. The smallest absolute Gasteiger partial charge is 0.267 e. The van der Waals surface area contributed by atoms with E-state index in [2.05, 4.69) is 58.6 Å². The molecule has 3 aromatic heterocycles. The van der Waals surface area contributed by atoms with Crippen molar-refractivity contribution in [2.24, 2.45) is 0 Å². The largest absolute Gasteiger partial charge is 0.296 e. The molecule has 1 saturated carbocycles. The molecule has 1 amide bonds. The van der Waals surface area contributed by atoms with Gasteiger partial charge in [-0.1, -0.05) is 49.4 Å². The van der Waals surface area contributed by atoms with Crippen LogP contribution in [-0.4, -0.2) is 26.1 Å². The van der Waals surface area contributed by atoms with Crippen molar-refractivity contribution in [3.05, 3.63) is 51.8 Å². The maximum atomic E-state index is 13.0. The van der Waals surface area contributed by atoms with Crippen molar-refractivity contribution < 1.29 is 4.79 Å². The molecule has 1 aliphatic rings. The minimum absolute atomic E-state index is 0.175. The molecule has 0 bridgehead atoms. The van der Waals surface area contributed by atoms with E-state index < -0.39 is 0 Å².